The second-order valence-corrected chi connectivity index (χ2v) is 5.90. The molecule has 1 fully saturated rings. The van der Waals surface area contributed by atoms with Gasteiger partial charge in [-0.25, -0.2) is 4.79 Å². The van der Waals surface area contributed by atoms with Gasteiger partial charge in [0.2, 0.25) is 5.91 Å². The minimum absolute atomic E-state index is 0.199. The molecule has 1 heterocycles. The molecule has 6 nitrogen and oxygen atoms in total. The Morgan fingerprint density at radius 2 is 1.92 bits per heavy atom. The van der Waals surface area contributed by atoms with Crippen LogP contribution < -0.4 is 15.4 Å². The SMILES string of the molecule is COc1ccccc1CNC(=O)C1CN(Cc2ccccc2)C(=O)N1. The molecule has 0 spiro atoms. The Hall–Kier alpha value is -3.02. The van der Waals surface area contributed by atoms with Crippen LogP contribution in [0.4, 0.5) is 4.79 Å². The van der Waals surface area contributed by atoms with Gasteiger partial charge in [0.1, 0.15) is 11.8 Å². The minimum Gasteiger partial charge on any atom is -0.496 e. The summed E-state index contributed by atoms with van der Waals surface area (Å²) in [4.78, 5) is 26.1. The summed E-state index contributed by atoms with van der Waals surface area (Å²) in [6, 6.07) is 16.5. The molecule has 1 atom stereocenters. The number of carbonyl (C=O) groups is 2. The fourth-order valence-corrected chi connectivity index (χ4v) is 2.83. The number of carbonyl (C=O) groups excluding carboxylic acids is 2. The van der Waals surface area contributed by atoms with Crippen LogP contribution in [0.2, 0.25) is 0 Å². The molecule has 0 bridgehead atoms. The molecule has 2 aromatic rings. The molecule has 130 valence electrons. The van der Waals surface area contributed by atoms with Crippen molar-refractivity contribution in [3.8, 4) is 5.75 Å². The summed E-state index contributed by atoms with van der Waals surface area (Å²) in [5, 5.41) is 5.59. The van der Waals surface area contributed by atoms with E-state index in [1.807, 2.05) is 54.6 Å². The number of ether oxygens (including phenoxy) is 1. The fourth-order valence-electron chi connectivity index (χ4n) is 2.83. The van der Waals surface area contributed by atoms with Crippen LogP contribution in [0.25, 0.3) is 0 Å². The lowest BCUT2D eigenvalue weighted by atomic mass is 10.2. The van der Waals surface area contributed by atoms with E-state index in [9.17, 15) is 9.59 Å². The zero-order valence-electron chi connectivity index (χ0n) is 14.1. The maximum atomic E-state index is 12.4. The van der Waals surface area contributed by atoms with E-state index in [0.717, 1.165) is 16.9 Å². The average molecular weight is 339 g/mol. The van der Waals surface area contributed by atoms with Crippen molar-refractivity contribution in [2.45, 2.75) is 19.1 Å². The molecule has 0 aliphatic carbocycles. The zero-order chi connectivity index (χ0) is 17.6. The maximum Gasteiger partial charge on any atom is 0.318 e. The number of rotatable bonds is 6. The molecule has 2 aromatic carbocycles. The summed E-state index contributed by atoms with van der Waals surface area (Å²) in [6.45, 7) is 1.20. The molecule has 0 aromatic heterocycles. The van der Waals surface area contributed by atoms with E-state index < -0.39 is 6.04 Å². The van der Waals surface area contributed by atoms with Gasteiger partial charge in [-0.3, -0.25) is 4.79 Å². The monoisotopic (exact) mass is 339 g/mol. The standard InChI is InChI=1S/C19H21N3O3/c1-25-17-10-6-5-9-15(17)11-20-18(23)16-13-22(19(24)21-16)12-14-7-3-2-4-8-14/h2-10,16H,11-13H2,1H3,(H,20,23)(H,21,24). The minimum atomic E-state index is -0.550. The van der Waals surface area contributed by atoms with Crippen LogP contribution in [0.15, 0.2) is 54.6 Å². The van der Waals surface area contributed by atoms with Crippen molar-refractivity contribution in [3.63, 3.8) is 0 Å². The molecule has 6 heteroatoms. The number of para-hydroxylation sites is 1. The number of methoxy groups -OCH3 is 1. The number of hydrogen-bond acceptors (Lipinski definition) is 3. The first-order valence-corrected chi connectivity index (χ1v) is 8.16. The summed E-state index contributed by atoms with van der Waals surface area (Å²) in [5.74, 6) is 0.527. The molecule has 0 saturated carbocycles. The van der Waals surface area contributed by atoms with Gasteiger partial charge in [-0.1, -0.05) is 48.5 Å². The molecule has 3 amide bonds. The molecule has 3 rings (SSSR count). The van der Waals surface area contributed by atoms with Crippen LogP contribution in [0, 0.1) is 0 Å². The highest BCUT2D eigenvalue weighted by Crippen LogP contribution is 2.17. The van der Waals surface area contributed by atoms with Gasteiger partial charge in [-0.05, 0) is 11.6 Å². The van der Waals surface area contributed by atoms with E-state index in [1.165, 1.54) is 0 Å². The summed E-state index contributed by atoms with van der Waals surface area (Å²) >= 11 is 0. The van der Waals surface area contributed by atoms with Crippen LogP contribution in [-0.4, -0.2) is 36.5 Å². The highest BCUT2D eigenvalue weighted by molar-refractivity contribution is 5.90. The first-order chi connectivity index (χ1) is 12.2. The predicted octanol–water partition coefficient (Wildman–Crippen LogP) is 1.91. The van der Waals surface area contributed by atoms with Crippen LogP contribution in [-0.2, 0) is 17.9 Å². The highest BCUT2D eigenvalue weighted by Gasteiger charge is 2.33. The summed E-state index contributed by atoms with van der Waals surface area (Å²) < 4.78 is 5.27. The van der Waals surface area contributed by atoms with Gasteiger partial charge in [0.15, 0.2) is 0 Å². The van der Waals surface area contributed by atoms with Crippen LogP contribution in [0.3, 0.4) is 0 Å². The van der Waals surface area contributed by atoms with Crippen molar-refractivity contribution in [2.75, 3.05) is 13.7 Å². The molecule has 1 saturated heterocycles. The molecule has 25 heavy (non-hydrogen) atoms. The molecule has 1 unspecified atom stereocenters. The third kappa shape index (κ3) is 4.09. The summed E-state index contributed by atoms with van der Waals surface area (Å²) in [7, 11) is 1.60. The normalized spacial score (nSPS) is 16.4. The lowest BCUT2D eigenvalue weighted by Gasteiger charge is -2.15. The Balaban J connectivity index is 1.55. The van der Waals surface area contributed by atoms with E-state index in [1.54, 1.807) is 12.0 Å². The molecule has 0 radical (unpaired) electrons. The summed E-state index contributed by atoms with van der Waals surface area (Å²) in [5.41, 5.74) is 1.93. The predicted molar refractivity (Wildman–Crippen MR) is 94.0 cm³/mol. The van der Waals surface area contributed by atoms with E-state index in [0.29, 0.717) is 19.6 Å². The van der Waals surface area contributed by atoms with Crippen molar-refractivity contribution in [3.05, 3.63) is 65.7 Å². The molecular formula is C19H21N3O3. The zero-order valence-corrected chi connectivity index (χ0v) is 14.1. The number of hydrogen-bond donors (Lipinski definition) is 2. The Morgan fingerprint density at radius 3 is 2.68 bits per heavy atom. The second-order valence-electron chi connectivity index (χ2n) is 5.90. The number of amides is 3. The van der Waals surface area contributed by atoms with Crippen molar-refractivity contribution >= 4 is 11.9 Å². The second kappa shape index (κ2) is 7.70. The number of urea groups is 1. The number of nitrogens with one attached hydrogen (secondary N) is 2. The molecule has 1 aliphatic rings. The van der Waals surface area contributed by atoms with Crippen LogP contribution in [0.5, 0.6) is 5.75 Å². The van der Waals surface area contributed by atoms with Crippen molar-refractivity contribution in [2.24, 2.45) is 0 Å². The molecule has 1 aliphatic heterocycles. The van der Waals surface area contributed by atoms with Gasteiger partial charge < -0.3 is 20.3 Å². The summed E-state index contributed by atoms with van der Waals surface area (Å²) in [6.07, 6.45) is 0. The van der Waals surface area contributed by atoms with Crippen LogP contribution in [0.1, 0.15) is 11.1 Å². The lowest BCUT2D eigenvalue weighted by Crippen LogP contribution is -2.42. The van der Waals surface area contributed by atoms with Gasteiger partial charge in [0.05, 0.1) is 13.7 Å². The quantitative estimate of drug-likeness (QED) is 0.844. The van der Waals surface area contributed by atoms with E-state index >= 15 is 0 Å². The molecular weight excluding hydrogens is 318 g/mol. The van der Waals surface area contributed by atoms with Gasteiger partial charge in [-0.15, -0.1) is 0 Å². The van der Waals surface area contributed by atoms with Crippen molar-refractivity contribution in [1.82, 2.24) is 15.5 Å². The van der Waals surface area contributed by atoms with Crippen molar-refractivity contribution in [1.29, 1.82) is 0 Å². The van der Waals surface area contributed by atoms with E-state index in [2.05, 4.69) is 10.6 Å². The van der Waals surface area contributed by atoms with E-state index in [-0.39, 0.29) is 11.9 Å². The maximum absolute atomic E-state index is 12.4. The Kier molecular flexibility index (Phi) is 5.18. The van der Waals surface area contributed by atoms with Gasteiger partial charge in [-0.2, -0.15) is 0 Å². The third-order valence-electron chi connectivity index (χ3n) is 4.17. The first kappa shape index (κ1) is 16.8. The Morgan fingerprint density at radius 1 is 1.20 bits per heavy atom. The highest BCUT2D eigenvalue weighted by atomic mass is 16.5. The van der Waals surface area contributed by atoms with Crippen molar-refractivity contribution < 1.29 is 14.3 Å². The number of nitrogens with zero attached hydrogens (tertiary/aromatic N) is 1. The topological polar surface area (TPSA) is 70.7 Å². The van der Waals surface area contributed by atoms with Gasteiger partial charge in [0, 0.05) is 18.7 Å². The van der Waals surface area contributed by atoms with E-state index in [4.69, 9.17) is 4.74 Å². The Bertz CT molecular complexity index is 749. The van der Waals surface area contributed by atoms with Crippen LogP contribution >= 0.6 is 0 Å². The average Bonchev–Trinajstić information content (AvgIpc) is 3.01. The lowest BCUT2D eigenvalue weighted by molar-refractivity contribution is -0.122. The first-order valence-electron chi connectivity index (χ1n) is 8.16. The van der Waals surface area contributed by atoms with Gasteiger partial charge >= 0.3 is 6.03 Å². The Labute approximate surface area is 146 Å². The largest absolute Gasteiger partial charge is 0.496 e. The molecule has 2 N–H and O–H groups in total. The number of benzene rings is 2. The van der Waals surface area contributed by atoms with Gasteiger partial charge in [0.25, 0.3) is 0 Å². The fraction of sp³-hybridized carbons (Fsp3) is 0.263. The smallest absolute Gasteiger partial charge is 0.318 e. The third-order valence-corrected chi connectivity index (χ3v) is 4.17.